The smallest absolute Gasteiger partial charge is 0.331 e. The van der Waals surface area contributed by atoms with Crippen molar-refractivity contribution in [2.24, 2.45) is 0 Å². The lowest BCUT2D eigenvalue weighted by Crippen LogP contribution is -2.36. The molecule has 0 bridgehead atoms. The average Bonchev–Trinajstić information content (AvgIpc) is 3.09. The maximum absolute atomic E-state index is 12.1. The van der Waals surface area contributed by atoms with Crippen LogP contribution < -0.4 is 0 Å². The minimum Gasteiger partial charge on any atom is -0.504 e. The third-order valence-electron chi connectivity index (χ3n) is 4.84. The zero-order valence-electron chi connectivity index (χ0n) is 16.8. The van der Waals surface area contributed by atoms with E-state index in [9.17, 15) is 35.1 Å². The molecule has 168 valence electrons. The summed E-state index contributed by atoms with van der Waals surface area (Å²) < 4.78 is 10.6. The number of carbonyl (C=O) groups excluding carboxylic acids is 2. The predicted octanol–water partition coefficient (Wildman–Crippen LogP) is 2.21. The molecule has 1 saturated carbocycles. The van der Waals surface area contributed by atoms with Gasteiger partial charge in [0.1, 0.15) is 6.10 Å². The Morgan fingerprint density at radius 3 is 1.75 bits per heavy atom. The van der Waals surface area contributed by atoms with Gasteiger partial charge in [-0.3, -0.25) is 0 Å². The Bertz CT molecular complexity index is 1060. The highest BCUT2D eigenvalue weighted by Crippen LogP contribution is 2.28. The van der Waals surface area contributed by atoms with Crippen molar-refractivity contribution in [1.29, 1.82) is 0 Å². The summed E-state index contributed by atoms with van der Waals surface area (Å²) in [4.78, 5) is 24.3. The van der Waals surface area contributed by atoms with Crippen molar-refractivity contribution in [1.82, 2.24) is 0 Å². The third kappa shape index (κ3) is 5.79. The summed E-state index contributed by atoms with van der Waals surface area (Å²) in [5.41, 5.74) is 0.898. The second-order valence-corrected chi connectivity index (χ2v) is 7.18. The highest BCUT2D eigenvalue weighted by atomic mass is 16.6. The second-order valence-electron chi connectivity index (χ2n) is 7.18. The standard InChI is InChI=1S/C23H22O9/c24-15-5-1-13(11-18(15)27)3-9-21(29)31-20-8-7-17(26)23(20)32-22(30)10-4-14-2-6-16(25)19(28)12-14/h1-6,9-12,17,20,23-28H,7-8H2. The molecule has 9 heteroatoms. The van der Waals surface area contributed by atoms with Crippen LogP contribution in [0.15, 0.2) is 48.6 Å². The Morgan fingerprint density at radius 1 is 0.750 bits per heavy atom. The number of carbonyl (C=O) groups is 2. The van der Waals surface area contributed by atoms with Gasteiger partial charge in [0.2, 0.25) is 0 Å². The Kier molecular flexibility index (Phi) is 7.01. The molecule has 0 radical (unpaired) electrons. The first-order valence-corrected chi connectivity index (χ1v) is 9.72. The number of aromatic hydroxyl groups is 4. The number of ether oxygens (including phenoxy) is 2. The van der Waals surface area contributed by atoms with Crippen LogP contribution in [0.5, 0.6) is 23.0 Å². The van der Waals surface area contributed by atoms with Crippen molar-refractivity contribution in [2.45, 2.75) is 31.2 Å². The molecule has 1 fully saturated rings. The van der Waals surface area contributed by atoms with Crippen molar-refractivity contribution in [3.63, 3.8) is 0 Å². The molecule has 0 heterocycles. The molecule has 3 rings (SSSR count). The number of rotatable bonds is 6. The molecule has 0 saturated heterocycles. The minimum atomic E-state index is -1.05. The maximum Gasteiger partial charge on any atom is 0.331 e. The van der Waals surface area contributed by atoms with Gasteiger partial charge in [-0.15, -0.1) is 0 Å². The van der Waals surface area contributed by atoms with Gasteiger partial charge in [-0.25, -0.2) is 9.59 Å². The first kappa shape index (κ1) is 22.7. The van der Waals surface area contributed by atoms with E-state index in [0.29, 0.717) is 17.5 Å². The summed E-state index contributed by atoms with van der Waals surface area (Å²) >= 11 is 0. The first-order valence-electron chi connectivity index (χ1n) is 9.72. The van der Waals surface area contributed by atoms with E-state index in [1.54, 1.807) is 0 Å². The van der Waals surface area contributed by atoms with Crippen LogP contribution >= 0.6 is 0 Å². The van der Waals surface area contributed by atoms with Gasteiger partial charge in [-0.1, -0.05) is 12.1 Å². The van der Waals surface area contributed by atoms with Gasteiger partial charge in [-0.05, 0) is 60.4 Å². The first-order chi connectivity index (χ1) is 15.2. The second kappa shape index (κ2) is 9.88. The number of phenolic OH excluding ortho intramolecular Hbond substituents is 4. The molecule has 5 N–H and O–H groups in total. The summed E-state index contributed by atoms with van der Waals surface area (Å²) in [6, 6.07) is 8.04. The van der Waals surface area contributed by atoms with E-state index in [0.717, 1.165) is 12.2 Å². The molecule has 0 aliphatic heterocycles. The lowest BCUT2D eigenvalue weighted by molar-refractivity contribution is -0.163. The molecule has 1 aliphatic rings. The van der Waals surface area contributed by atoms with E-state index in [-0.39, 0.29) is 29.4 Å². The van der Waals surface area contributed by atoms with Crippen LogP contribution in [-0.2, 0) is 19.1 Å². The molecule has 3 atom stereocenters. The quantitative estimate of drug-likeness (QED) is 0.257. The van der Waals surface area contributed by atoms with Crippen LogP contribution in [0, 0.1) is 0 Å². The molecule has 0 aromatic heterocycles. The Labute approximate surface area is 183 Å². The molecule has 1 aliphatic carbocycles. The Hall–Kier alpha value is -3.98. The molecular weight excluding hydrogens is 420 g/mol. The Balaban J connectivity index is 1.58. The Morgan fingerprint density at radius 2 is 1.25 bits per heavy atom. The van der Waals surface area contributed by atoms with Crippen molar-refractivity contribution in [3.05, 3.63) is 59.7 Å². The molecule has 32 heavy (non-hydrogen) atoms. The third-order valence-corrected chi connectivity index (χ3v) is 4.84. The summed E-state index contributed by atoms with van der Waals surface area (Å²) in [5, 5.41) is 47.7. The van der Waals surface area contributed by atoms with Crippen molar-refractivity contribution in [3.8, 4) is 23.0 Å². The van der Waals surface area contributed by atoms with Gasteiger partial charge >= 0.3 is 11.9 Å². The van der Waals surface area contributed by atoms with Gasteiger partial charge in [0.05, 0.1) is 6.10 Å². The van der Waals surface area contributed by atoms with Crippen LogP contribution in [0.3, 0.4) is 0 Å². The van der Waals surface area contributed by atoms with Gasteiger partial charge < -0.3 is 35.0 Å². The summed E-state index contributed by atoms with van der Waals surface area (Å²) in [6.07, 6.45) is 2.64. The minimum absolute atomic E-state index is 0.279. The zero-order chi connectivity index (χ0) is 23.3. The van der Waals surface area contributed by atoms with Crippen molar-refractivity contribution in [2.75, 3.05) is 0 Å². The van der Waals surface area contributed by atoms with E-state index in [1.807, 2.05) is 0 Å². The molecule has 3 unspecified atom stereocenters. The number of aliphatic hydroxyl groups excluding tert-OH is 1. The number of hydrogen-bond acceptors (Lipinski definition) is 9. The molecule has 9 nitrogen and oxygen atoms in total. The number of benzene rings is 2. The van der Waals surface area contributed by atoms with Crippen LogP contribution in [-0.4, -0.2) is 55.8 Å². The van der Waals surface area contributed by atoms with Crippen LogP contribution in [0.4, 0.5) is 0 Å². The number of phenols is 4. The average molecular weight is 442 g/mol. The lowest BCUT2D eigenvalue weighted by atomic mass is 10.2. The predicted molar refractivity (Wildman–Crippen MR) is 113 cm³/mol. The summed E-state index contributed by atoms with van der Waals surface area (Å²) in [7, 11) is 0. The maximum atomic E-state index is 12.1. The molecule has 0 amide bonds. The van der Waals surface area contributed by atoms with Crippen molar-refractivity contribution < 1.29 is 44.6 Å². The van der Waals surface area contributed by atoms with Crippen LogP contribution in [0.25, 0.3) is 12.2 Å². The lowest BCUT2D eigenvalue weighted by Gasteiger charge is -2.21. The van der Waals surface area contributed by atoms with Gasteiger partial charge in [0.25, 0.3) is 0 Å². The zero-order valence-corrected chi connectivity index (χ0v) is 16.8. The van der Waals surface area contributed by atoms with E-state index in [4.69, 9.17) is 9.47 Å². The van der Waals surface area contributed by atoms with Gasteiger partial charge in [0, 0.05) is 12.2 Å². The van der Waals surface area contributed by atoms with E-state index < -0.39 is 30.3 Å². The normalized spacial score (nSPS) is 20.6. The molecule has 0 spiro atoms. The highest BCUT2D eigenvalue weighted by molar-refractivity contribution is 5.88. The molecule has 2 aromatic rings. The number of esters is 2. The summed E-state index contributed by atoms with van der Waals surface area (Å²) in [6.45, 7) is 0. The fourth-order valence-electron chi connectivity index (χ4n) is 3.17. The van der Waals surface area contributed by atoms with E-state index in [2.05, 4.69) is 0 Å². The number of aliphatic hydroxyl groups is 1. The molecular formula is C23H22O9. The van der Waals surface area contributed by atoms with Gasteiger partial charge in [-0.2, -0.15) is 0 Å². The summed E-state index contributed by atoms with van der Waals surface area (Å²) in [5.74, 6) is -2.76. The largest absolute Gasteiger partial charge is 0.504 e. The number of hydrogen-bond donors (Lipinski definition) is 5. The molecule has 2 aromatic carbocycles. The fraction of sp³-hybridized carbons (Fsp3) is 0.217. The fourth-order valence-corrected chi connectivity index (χ4v) is 3.17. The highest BCUT2D eigenvalue weighted by Gasteiger charge is 2.40. The van der Waals surface area contributed by atoms with E-state index in [1.165, 1.54) is 48.6 Å². The monoisotopic (exact) mass is 442 g/mol. The topological polar surface area (TPSA) is 154 Å². The van der Waals surface area contributed by atoms with Crippen LogP contribution in [0.1, 0.15) is 24.0 Å². The SMILES string of the molecule is O=C(C=Cc1ccc(O)c(O)c1)OC1CCC(O)C1OC(=O)C=Cc1ccc(O)c(O)c1. The van der Waals surface area contributed by atoms with Gasteiger partial charge in [0.15, 0.2) is 29.1 Å². The van der Waals surface area contributed by atoms with Crippen LogP contribution in [0.2, 0.25) is 0 Å². The van der Waals surface area contributed by atoms with Crippen molar-refractivity contribution >= 4 is 24.1 Å². The van der Waals surface area contributed by atoms with E-state index >= 15 is 0 Å².